The number of carbonyl (C=O) groups excluding carboxylic acids is 1. The molecule has 0 bridgehead atoms. The molecule has 1 aromatic rings. The van der Waals surface area contributed by atoms with Crippen molar-refractivity contribution in [1.82, 2.24) is 0 Å². The van der Waals surface area contributed by atoms with Gasteiger partial charge in [-0.2, -0.15) is 5.26 Å². The van der Waals surface area contributed by atoms with Crippen molar-refractivity contribution in [2.45, 2.75) is 19.3 Å². The average molecular weight is 230 g/mol. The first-order valence-electron chi connectivity index (χ1n) is 5.55. The molecule has 2 N–H and O–H groups in total. The summed E-state index contributed by atoms with van der Waals surface area (Å²) >= 11 is 0. The van der Waals surface area contributed by atoms with Crippen LogP contribution in [0.15, 0.2) is 24.3 Å². The highest BCUT2D eigenvalue weighted by Crippen LogP contribution is 2.48. The van der Waals surface area contributed by atoms with E-state index in [1.165, 1.54) is 0 Å². The topological polar surface area (TPSA) is 76.1 Å². The lowest BCUT2D eigenvalue weighted by atomic mass is 10.1. The van der Waals surface area contributed by atoms with Crippen molar-refractivity contribution >= 4 is 11.7 Å². The maximum absolute atomic E-state index is 11.7. The molecule has 1 fully saturated rings. The number of hydrogen-bond donors (Lipinski definition) is 1. The number of anilines is 1. The molecular formula is C13H14N2O2. The number of nitriles is 1. The minimum atomic E-state index is -0.374. The largest absolute Gasteiger partial charge is 0.461 e. The third kappa shape index (κ3) is 2.76. The van der Waals surface area contributed by atoms with Crippen LogP contribution in [0.2, 0.25) is 0 Å². The SMILES string of the molecule is N#CCC1(COC(=O)c2cccc(N)c2)CC1. The summed E-state index contributed by atoms with van der Waals surface area (Å²) in [6.07, 6.45) is 2.38. The van der Waals surface area contributed by atoms with Crippen molar-refractivity contribution < 1.29 is 9.53 Å². The molecule has 0 aliphatic heterocycles. The first-order chi connectivity index (χ1) is 8.15. The molecule has 1 aromatic carbocycles. The highest BCUT2D eigenvalue weighted by molar-refractivity contribution is 5.90. The van der Waals surface area contributed by atoms with Crippen LogP contribution in [0, 0.1) is 16.7 Å². The van der Waals surface area contributed by atoms with Crippen molar-refractivity contribution in [3.8, 4) is 6.07 Å². The van der Waals surface area contributed by atoms with Crippen LogP contribution in [-0.4, -0.2) is 12.6 Å². The molecule has 17 heavy (non-hydrogen) atoms. The highest BCUT2D eigenvalue weighted by Gasteiger charge is 2.43. The van der Waals surface area contributed by atoms with E-state index in [1.807, 2.05) is 0 Å². The van der Waals surface area contributed by atoms with Gasteiger partial charge in [0.15, 0.2) is 0 Å². The van der Waals surface area contributed by atoms with Crippen molar-refractivity contribution in [3.05, 3.63) is 29.8 Å². The van der Waals surface area contributed by atoms with Gasteiger partial charge in [-0.3, -0.25) is 0 Å². The lowest BCUT2D eigenvalue weighted by Gasteiger charge is -2.11. The summed E-state index contributed by atoms with van der Waals surface area (Å²) in [6, 6.07) is 8.82. The van der Waals surface area contributed by atoms with Gasteiger partial charge in [0.2, 0.25) is 0 Å². The number of esters is 1. The second kappa shape index (κ2) is 4.46. The minimum absolute atomic E-state index is 0.0786. The van der Waals surface area contributed by atoms with E-state index in [0.717, 1.165) is 12.8 Å². The molecule has 0 aromatic heterocycles. The van der Waals surface area contributed by atoms with Gasteiger partial charge in [-0.05, 0) is 31.0 Å². The molecule has 1 aliphatic rings. The zero-order valence-electron chi connectivity index (χ0n) is 9.48. The first-order valence-corrected chi connectivity index (χ1v) is 5.55. The van der Waals surface area contributed by atoms with Crippen molar-refractivity contribution in [3.63, 3.8) is 0 Å². The van der Waals surface area contributed by atoms with E-state index in [0.29, 0.717) is 24.3 Å². The third-order valence-corrected chi connectivity index (χ3v) is 3.04. The molecule has 0 amide bonds. The van der Waals surface area contributed by atoms with E-state index in [-0.39, 0.29) is 11.4 Å². The molecule has 0 spiro atoms. The van der Waals surface area contributed by atoms with Gasteiger partial charge in [-0.25, -0.2) is 4.79 Å². The summed E-state index contributed by atoms with van der Waals surface area (Å²) in [7, 11) is 0. The summed E-state index contributed by atoms with van der Waals surface area (Å²) in [5, 5.41) is 8.65. The van der Waals surface area contributed by atoms with E-state index in [4.69, 9.17) is 15.7 Å². The maximum atomic E-state index is 11.7. The molecular weight excluding hydrogens is 216 g/mol. The zero-order valence-corrected chi connectivity index (χ0v) is 9.48. The average Bonchev–Trinajstić information content (AvgIpc) is 3.07. The number of hydrogen-bond acceptors (Lipinski definition) is 4. The van der Waals surface area contributed by atoms with Gasteiger partial charge in [-0.1, -0.05) is 6.07 Å². The van der Waals surface area contributed by atoms with Gasteiger partial charge in [0.25, 0.3) is 0 Å². The maximum Gasteiger partial charge on any atom is 0.338 e. The van der Waals surface area contributed by atoms with Gasteiger partial charge >= 0.3 is 5.97 Å². The normalized spacial score (nSPS) is 15.9. The number of benzene rings is 1. The molecule has 1 aliphatic carbocycles. The Morgan fingerprint density at radius 3 is 2.88 bits per heavy atom. The van der Waals surface area contributed by atoms with Crippen LogP contribution in [0.1, 0.15) is 29.6 Å². The smallest absolute Gasteiger partial charge is 0.338 e. The predicted molar refractivity (Wildman–Crippen MR) is 63.0 cm³/mol. The molecule has 1 saturated carbocycles. The van der Waals surface area contributed by atoms with Crippen molar-refractivity contribution in [2.24, 2.45) is 5.41 Å². The molecule has 4 heteroatoms. The predicted octanol–water partition coefficient (Wildman–Crippen LogP) is 2.12. The third-order valence-electron chi connectivity index (χ3n) is 3.04. The van der Waals surface area contributed by atoms with Gasteiger partial charge in [0, 0.05) is 17.5 Å². The molecule has 0 heterocycles. The Bertz CT molecular complexity index is 473. The Morgan fingerprint density at radius 1 is 1.53 bits per heavy atom. The summed E-state index contributed by atoms with van der Waals surface area (Å²) < 4.78 is 5.22. The van der Waals surface area contributed by atoms with Crippen molar-refractivity contribution in [1.29, 1.82) is 5.26 Å². The number of rotatable bonds is 4. The van der Waals surface area contributed by atoms with Crippen LogP contribution < -0.4 is 5.73 Å². The quantitative estimate of drug-likeness (QED) is 0.635. The Hall–Kier alpha value is -2.02. The summed E-state index contributed by atoms with van der Waals surface area (Å²) in [6.45, 7) is 0.328. The van der Waals surface area contributed by atoms with Crippen LogP contribution in [0.4, 0.5) is 5.69 Å². The van der Waals surface area contributed by atoms with Crippen LogP contribution in [0.3, 0.4) is 0 Å². The van der Waals surface area contributed by atoms with Gasteiger partial charge in [0.1, 0.15) is 0 Å². The fourth-order valence-corrected chi connectivity index (χ4v) is 1.68. The van der Waals surface area contributed by atoms with Crippen molar-refractivity contribution in [2.75, 3.05) is 12.3 Å². The Morgan fingerprint density at radius 2 is 2.29 bits per heavy atom. The second-order valence-electron chi connectivity index (χ2n) is 4.54. The Kier molecular flexibility index (Phi) is 3.01. The first kappa shape index (κ1) is 11.5. The molecule has 0 atom stereocenters. The van der Waals surface area contributed by atoms with Gasteiger partial charge in [-0.15, -0.1) is 0 Å². The number of carbonyl (C=O) groups is 1. The van der Waals surface area contributed by atoms with E-state index >= 15 is 0 Å². The zero-order chi connectivity index (χ0) is 12.3. The number of nitrogen functional groups attached to an aromatic ring is 1. The van der Waals surface area contributed by atoms with Crippen LogP contribution in [0.25, 0.3) is 0 Å². The molecule has 4 nitrogen and oxygen atoms in total. The lowest BCUT2D eigenvalue weighted by molar-refractivity contribution is 0.0419. The Labute approximate surface area is 100.0 Å². The molecule has 88 valence electrons. The summed E-state index contributed by atoms with van der Waals surface area (Å²) in [4.78, 5) is 11.7. The van der Waals surface area contributed by atoms with Crippen LogP contribution in [0.5, 0.6) is 0 Å². The number of nitrogens with two attached hydrogens (primary N) is 1. The molecule has 0 radical (unpaired) electrons. The van der Waals surface area contributed by atoms with E-state index in [1.54, 1.807) is 24.3 Å². The standard InChI is InChI=1S/C13H14N2O2/c14-7-6-13(4-5-13)9-17-12(16)10-2-1-3-11(15)8-10/h1-3,8H,4-6,9,15H2. The van der Waals surface area contributed by atoms with Gasteiger partial charge in [0.05, 0.1) is 18.2 Å². The van der Waals surface area contributed by atoms with Gasteiger partial charge < -0.3 is 10.5 Å². The molecule has 0 saturated heterocycles. The second-order valence-corrected chi connectivity index (χ2v) is 4.54. The fraction of sp³-hybridized carbons (Fsp3) is 0.385. The highest BCUT2D eigenvalue weighted by atomic mass is 16.5. The monoisotopic (exact) mass is 230 g/mol. The Balaban J connectivity index is 1.92. The lowest BCUT2D eigenvalue weighted by Crippen LogP contribution is -2.15. The number of nitrogens with zero attached hydrogens (tertiary/aromatic N) is 1. The van der Waals surface area contributed by atoms with Crippen LogP contribution in [-0.2, 0) is 4.74 Å². The number of ether oxygens (including phenoxy) is 1. The summed E-state index contributed by atoms with van der Waals surface area (Å²) in [5.41, 5.74) is 6.50. The minimum Gasteiger partial charge on any atom is -0.461 e. The fourth-order valence-electron chi connectivity index (χ4n) is 1.68. The van der Waals surface area contributed by atoms with E-state index in [9.17, 15) is 4.79 Å². The van der Waals surface area contributed by atoms with Crippen LogP contribution >= 0.6 is 0 Å². The van der Waals surface area contributed by atoms with E-state index < -0.39 is 0 Å². The van der Waals surface area contributed by atoms with E-state index in [2.05, 4.69) is 6.07 Å². The summed E-state index contributed by atoms with van der Waals surface area (Å²) in [5.74, 6) is -0.374. The molecule has 2 rings (SSSR count). The molecule has 0 unspecified atom stereocenters.